The van der Waals surface area contributed by atoms with Crippen LogP contribution in [0.3, 0.4) is 0 Å². The summed E-state index contributed by atoms with van der Waals surface area (Å²) in [5.74, 6) is -1.79. The highest BCUT2D eigenvalue weighted by Gasteiger charge is 2.13. The fraction of sp³-hybridized carbons (Fsp3) is 0. The minimum absolute atomic E-state index is 0.0886. The summed E-state index contributed by atoms with van der Waals surface area (Å²) in [5.41, 5.74) is 5.30. The van der Waals surface area contributed by atoms with Crippen LogP contribution >= 0.6 is 0 Å². The van der Waals surface area contributed by atoms with Crippen molar-refractivity contribution in [3.8, 4) is 17.5 Å². The summed E-state index contributed by atoms with van der Waals surface area (Å²) in [6, 6.07) is 4.49. The molecule has 0 fully saturated rings. The number of nitrogens with two attached hydrogens (primary N) is 1. The van der Waals surface area contributed by atoms with E-state index in [-0.39, 0.29) is 23.0 Å². The van der Waals surface area contributed by atoms with Crippen molar-refractivity contribution in [3.63, 3.8) is 0 Å². The number of hydrogen-bond donors (Lipinski definition) is 1. The first-order chi connectivity index (χ1) is 7.60. The van der Waals surface area contributed by atoms with Crippen LogP contribution in [-0.2, 0) is 0 Å². The maximum Gasteiger partial charge on any atom is 0.230 e. The van der Waals surface area contributed by atoms with Gasteiger partial charge in [-0.2, -0.15) is 10.2 Å². The largest absolute Gasteiger partial charge is 0.419 e. The second kappa shape index (κ2) is 3.62. The fourth-order valence-electron chi connectivity index (χ4n) is 1.21. The predicted molar refractivity (Wildman–Crippen MR) is 51.0 cm³/mol. The molecule has 0 amide bonds. The Morgan fingerprint density at radius 3 is 2.38 bits per heavy atom. The molecule has 6 heteroatoms. The standard InChI is InChI=1S/C10H5F2N3O/c11-6-1-5(2-7(12)3-6)10-15-8(4-13)9(14)16-10/h1-3H,14H2. The molecule has 0 atom stereocenters. The van der Waals surface area contributed by atoms with Gasteiger partial charge in [0.1, 0.15) is 17.7 Å². The lowest BCUT2D eigenvalue weighted by molar-refractivity contribution is 0.573. The number of rotatable bonds is 1. The van der Waals surface area contributed by atoms with E-state index in [1.54, 1.807) is 6.07 Å². The van der Waals surface area contributed by atoms with Gasteiger partial charge in [-0.05, 0) is 12.1 Å². The van der Waals surface area contributed by atoms with Crippen LogP contribution in [0.15, 0.2) is 22.6 Å². The van der Waals surface area contributed by atoms with Crippen molar-refractivity contribution in [3.05, 3.63) is 35.5 Å². The number of nitriles is 1. The van der Waals surface area contributed by atoms with Gasteiger partial charge in [0.2, 0.25) is 17.5 Å². The van der Waals surface area contributed by atoms with E-state index in [1.807, 2.05) is 0 Å². The molecule has 0 saturated carbocycles. The van der Waals surface area contributed by atoms with Crippen LogP contribution in [-0.4, -0.2) is 4.98 Å². The van der Waals surface area contributed by atoms with Gasteiger partial charge < -0.3 is 10.2 Å². The molecule has 0 saturated heterocycles. The molecule has 0 unspecified atom stereocenters. The number of nitrogen functional groups attached to an aromatic ring is 1. The van der Waals surface area contributed by atoms with Crippen LogP contribution in [0.1, 0.15) is 5.69 Å². The number of nitrogens with zero attached hydrogens (tertiary/aromatic N) is 2. The Labute approximate surface area is 88.9 Å². The number of halogens is 2. The highest BCUT2D eigenvalue weighted by Crippen LogP contribution is 2.24. The number of oxazole rings is 1. The van der Waals surface area contributed by atoms with E-state index in [0.717, 1.165) is 18.2 Å². The van der Waals surface area contributed by atoms with Crippen molar-refractivity contribution in [2.24, 2.45) is 0 Å². The van der Waals surface area contributed by atoms with Crippen LogP contribution in [0.2, 0.25) is 0 Å². The first kappa shape index (κ1) is 10.1. The molecule has 0 aliphatic rings. The van der Waals surface area contributed by atoms with E-state index in [9.17, 15) is 8.78 Å². The smallest absolute Gasteiger partial charge is 0.230 e. The van der Waals surface area contributed by atoms with Crippen molar-refractivity contribution in [2.75, 3.05) is 5.73 Å². The van der Waals surface area contributed by atoms with Crippen molar-refractivity contribution < 1.29 is 13.2 Å². The molecule has 1 heterocycles. The number of benzene rings is 1. The van der Waals surface area contributed by atoms with Gasteiger partial charge in [0.25, 0.3) is 0 Å². The predicted octanol–water partition coefficient (Wildman–Crippen LogP) is 2.07. The van der Waals surface area contributed by atoms with Crippen LogP contribution in [0.4, 0.5) is 14.7 Å². The third kappa shape index (κ3) is 1.70. The normalized spacial score (nSPS) is 10.1. The lowest BCUT2D eigenvalue weighted by atomic mass is 10.2. The van der Waals surface area contributed by atoms with E-state index in [4.69, 9.17) is 15.4 Å². The molecule has 0 spiro atoms. The van der Waals surface area contributed by atoms with Crippen molar-refractivity contribution in [2.45, 2.75) is 0 Å². The molecule has 80 valence electrons. The van der Waals surface area contributed by atoms with E-state index in [1.165, 1.54) is 0 Å². The van der Waals surface area contributed by atoms with Gasteiger partial charge in [-0.25, -0.2) is 8.78 Å². The van der Waals surface area contributed by atoms with Gasteiger partial charge in [0.05, 0.1) is 0 Å². The Bertz CT molecular complexity index is 566. The van der Waals surface area contributed by atoms with Gasteiger partial charge in [0.15, 0.2) is 0 Å². The Kier molecular flexibility index (Phi) is 2.29. The molecule has 2 aromatic rings. The van der Waals surface area contributed by atoms with Gasteiger partial charge in [0, 0.05) is 11.6 Å². The summed E-state index contributed by atoms with van der Waals surface area (Å²) in [6.07, 6.45) is 0. The van der Waals surface area contributed by atoms with E-state index in [2.05, 4.69) is 4.98 Å². The summed E-state index contributed by atoms with van der Waals surface area (Å²) in [5, 5.41) is 8.59. The number of anilines is 1. The third-order valence-electron chi connectivity index (χ3n) is 1.87. The summed E-state index contributed by atoms with van der Waals surface area (Å²) in [6.45, 7) is 0. The van der Waals surface area contributed by atoms with Crippen molar-refractivity contribution in [1.29, 1.82) is 5.26 Å². The fourth-order valence-corrected chi connectivity index (χ4v) is 1.21. The third-order valence-corrected chi connectivity index (χ3v) is 1.87. The summed E-state index contributed by atoms with van der Waals surface area (Å²) < 4.78 is 30.7. The zero-order valence-electron chi connectivity index (χ0n) is 7.87. The van der Waals surface area contributed by atoms with Gasteiger partial charge in [-0.1, -0.05) is 0 Å². The van der Waals surface area contributed by atoms with Crippen molar-refractivity contribution in [1.82, 2.24) is 4.98 Å². The lowest BCUT2D eigenvalue weighted by Gasteiger charge is -1.96. The van der Waals surface area contributed by atoms with Crippen LogP contribution in [0.25, 0.3) is 11.5 Å². The SMILES string of the molecule is N#Cc1nc(-c2cc(F)cc(F)c2)oc1N. The van der Waals surface area contributed by atoms with E-state index in [0.29, 0.717) is 0 Å². The minimum Gasteiger partial charge on any atom is -0.419 e. The molecule has 0 aliphatic heterocycles. The monoisotopic (exact) mass is 221 g/mol. The van der Waals surface area contributed by atoms with Crippen molar-refractivity contribution >= 4 is 5.88 Å². The van der Waals surface area contributed by atoms with Crippen LogP contribution in [0, 0.1) is 23.0 Å². The molecule has 4 nitrogen and oxygen atoms in total. The number of aromatic nitrogens is 1. The molecular formula is C10H5F2N3O. The second-order valence-electron chi connectivity index (χ2n) is 3.00. The highest BCUT2D eigenvalue weighted by atomic mass is 19.1. The molecule has 1 aromatic carbocycles. The minimum atomic E-state index is -0.759. The topological polar surface area (TPSA) is 75.8 Å². The second-order valence-corrected chi connectivity index (χ2v) is 3.00. The van der Waals surface area contributed by atoms with Crippen LogP contribution < -0.4 is 5.73 Å². The maximum atomic E-state index is 12.9. The summed E-state index contributed by atoms with van der Waals surface area (Å²) >= 11 is 0. The first-order valence-corrected chi connectivity index (χ1v) is 4.23. The zero-order chi connectivity index (χ0) is 11.7. The average Bonchev–Trinajstić information content (AvgIpc) is 2.58. The van der Waals surface area contributed by atoms with E-state index >= 15 is 0 Å². The summed E-state index contributed by atoms with van der Waals surface area (Å²) in [4.78, 5) is 3.69. The molecular weight excluding hydrogens is 216 g/mol. The lowest BCUT2D eigenvalue weighted by Crippen LogP contribution is -1.84. The Morgan fingerprint density at radius 2 is 1.88 bits per heavy atom. The average molecular weight is 221 g/mol. The molecule has 2 N–H and O–H groups in total. The molecule has 2 rings (SSSR count). The first-order valence-electron chi connectivity index (χ1n) is 4.23. The Hall–Kier alpha value is -2.42. The van der Waals surface area contributed by atoms with Crippen LogP contribution in [0.5, 0.6) is 0 Å². The Balaban J connectivity index is 2.55. The molecule has 0 bridgehead atoms. The van der Waals surface area contributed by atoms with Gasteiger partial charge in [-0.3, -0.25) is 0 Å². The molecule has 16 heavy (non-hydrogen) atoms. The molecule has 1 aromatic heterocycles. The molecule has 0 radical (unpaired) electrons. The van der Waals surface area contributed by atoms with E-state index < -0.39 is 11.6 Å². The van der Waals surface area contributed by atoms with Gasteiger partial charge >= 0.3 is 0 Å². The highest BCUT2D eigenvalue weighted by molar-refractivity contribution is 5.57. The number of hydrogen-bond acceptors (Lipinski definition) is 4. The molecule has 0 aliphatic carbocycles. The maximum absolute atomic E-state index is 12.9. The Morgan fingerprint density at radius 1 is 1.25 bits per heavy atom. The quantitative estimate of drug-likeness (QED) is 0.799. The van der Waals surface area contributed by atoms with Gasteiger partial charge in [-0.15, -0.1) is 0 Å². The zero-order valence-corrected chi connectivity index (χ0v) is 7.87. The summed E-state index contributed by atoms with van der Waals surface area (Å²) in [7, 11) is 0.